The molecule has 0 radical (unpaired) electrons. The van der Waals surface area contributed by atoms with Gasteiger partial charge in [0.2, 0.25) is 0 Å². The molecule has 2 rings (SSSR count). The molecule has 104 valence electrons. The lowest BCUT2D eigenvalue weighted by atomic mass is 10.3. The predicted octanol–water partition coefficient (Wildman–Crippen LogP) is 2.68. The van der Waals surface area contributed by atoms with Crippen LogP contribution in [-0.2, 0) is 9.63 Å². The molecule has 0 aliphatic rings. The van der Waals surface area contributed by atoms with Crippen LogP contribution in [0.4, 0.5) is 5.69 Å². The van der Waals surface area contributed by atoms with Gasteiger partial charge in [0.1, 0.15) is 0 Å². The van der Waals surface area contributed by atoms with E-state index >= 15 is 0 Å². The van der Waals surface area contributed by atoms with Crippen molar-refractivity contribution in [2.75, 3.05) is 11.9 Å². The minimum absolute atomic E-state index is 0.233. The van der Waals surface area contributed by atoms with Crippen LogP contribution in [0.15, 0.2) is 46.2 Å². The van der Waals surface area contributed by atoms with Gasteiger partial charge in [0.25, 0.3) is 5.91 Å². The summed E-state index contributed by atoms with van der Waals surface area (Å²) >= 11 is 7.42. The monoisotopic (exact) mass is 309 g/mol. The van der Waals surface area contributed by atoms with Gasteiger partial charge in [-0.15, -0.1) is 0 Å². The largest absolute Gasteiger partial charge is 0.384 e. The number of amides is 1. The number of anilines is 1. The highest BCUT2D eigenvalue weighted by atomic mass is 35.5. The Morgan fingerprint density at radius 2 is 2.20 bits per heavy atom. The molecule has 1 amide bonds. The zero-order valence-electron chi connectivity index (χ0n) is 10.4. The lowest BCUT2D eigenvalue weighted by Crippen LogP contribution is -2.19. The Morgan fingerprint density at radius 1 is 1.40 bits per heavy atom. The first kappa shape index (κ1) is 14.4. The van der Waals surface area contributed by atoms with E-state index in [-0.39, 0.29) is 18.3 Å². The van der Waals surface area contributed by atoms with Crippen molar-refractivity contribution in [3.63, 3.8) is 0 Å². The van der Waals surface area contributed by atoms with Crippen molar-refractivity contribution >= 4 is 40.4 Å². The fourth-order valence-corrected chi connectivity index (χ4v) is 2.20. The molecule has 0 fully saturated rings. The Hall–Kier alpha value is -2.05. The second kappa shape index (κ2) is 6.93. The van der Waals surface area contributed by atoms with E-state index in [4.69, 9.17) is 22.2 Å². The zero-order chi connectivity index (χ0) is 14.4. The fourth-order valence-electron chi connectivity index (χ4n) is 1.37. The highest BCUT2D eigenvalue weighted by Gasteiger charge is 2.06. The van der Waals surface area contributed by atoms with Gasteiger partial charge in [0.05, 0.1) is 10.7 Å². The summed E-state index contributed by atoms with van der Waals surface area (Å²) in [7, 11) is 0. The number of rotatable bonds is 5. The summed E-state index contributed by atoms with van der Waals surface area (Å²) in [6, 6.07) is 8.75. The summed E-state index contributed by atoms with van der Waals surface area (Å²) < 4.78 is 0. The Morgan fingerprint density at radius 3 is 2.90 bits per heavy atom. The Balaban J connectivity index is 1.84. The zero-order valence-corrected chi connectivity index (χ0v) is 11.9. The fraction of sp³-hybridized carbons (Fsp3) is 0.0769. The summed E-state index contributed by atoms with van der Waals surface area (Å²) in [5.74, 6) is -0.128. The molecular formula is C13H12ClN3O2S. The number of benzene rings is 1. The van der Waals surface area contributed by atoms with Crippen LogP contribution in [-0.4, -0.2) is 18.3 Å². The van der Waals surface area contributed by atoms with Crippen LogP contribution in [0.3, 0.4) is 0 Å². The van der Waals surface area contributed by atoms with E-state index in [0.29, 0.717) is 10.7 Å². The van der Waals surface area contributed by atoms with E-state index in [1.807, 2.05) is 16.8 Å². The quantitative estimate of drug-likeness (QED) is 0.506. The van der Waals surface area contributed by atoms with Gasteiger partial charge in [-0.3, -0.25) is 4.79 Å². The van der Waals surface area contributed by atoms with E-state index in [0.717, 1.165) is 5.56 Å². The lowest BCUT2D eigenvalue weighted by molar-refractivity contribution is -0.120. The highest BCUT2D eigenvalue weighted by Crippen LogP contribution is 2.20. The average molecular weight is 310 g/mol. The van der Waals surface area contributed by atoms with Crippen LogP contribution >= 0.6 is 22.9 Å². The molecule has 0 unspecified atom stereocenters. The van der Waals surface area contributed by atoms with Crippen molar-refractivity contribution in [1.82, 2.24) is 0 Å². The van der Waals surface area contributed by atoms with Gasteiger partial charge in [-0.05, 0) is 23.6 Å². The highest BCUT2D eigenvalue weighted by molar-refractivity contribution is 7.08. The van der Waals surface area contributed by atoms with E-state index in [9.17, 15) is 4.79 Å². The third-order valence-corrected chi connectivity index (χ3v) is 3.34. The third kappa shape index (κ3) is 3.97. The molecule has 0 saturated heterocycles. The molecule has 1 aromatic carbocycles. The van der Waals surface area contributed by atoms with Crippen LogP contribution in [0.2, 0.25) is 5.02 Å². The summed E-state index contributed by atoms with van der Waals surface area (Å²) in [5, 5.41) is 10.5. The second-order valence-electron chi connectivity index (χ2n) is 3.79. The number of para-hydroxylation sites is 1. The summed E-state index contributed by atoms with van der Waals surface area (Å²) in [4.78, 5) is 16.5. The van der Waals surface area contributed by atoms with E-state index in [2.05, 4.69) is 10.5 Å². The number of carbonyl (C=O) groups excluding carboxylic acids is 1. The number of amidine groups is 1. The molecule has 1 heterocycles. The molecule has 0 spiro atoms. The van der Waals surface area contributed by atoms with Gasteiger partial charge in [0.15, 0.2) is 12.4 Å². The van der Waals surface area contributed by atoms with Gasteiger partial charge in [-0.25, -0.2) is 0 Å². The molecule has 0 aliphatic heterocycles. The van der Waals surface area contributed by atoms with E-state index in [1.165, 1.54) is 11.3 Å². The van der Waals surface area contributed by atoms with Crippen LogP contribution in [0, 0.1) is 0 Å². The normalized spacial score (nSPS) is 11.2. The second-order valence-corrected chi connectivity index (χ2v) is 4.98. The minimum atomic E-state index is -0.361. The summed E-state index contributed by atoms with van der Waals surface area (Å²) in [5.41, 5.74) is 6.97. The van der Waals surface area contributed by atoms with Gasteiger partial charge in [-0.2, -0.15) is 11.3 Å². The van der Waals surface area contributed by atoms with Crippen LogP contribution < -0.4 is 11.1 Å². The number of oxime groups is 1. The van der Waals surface area contributed by atoms with E-state index in [1.54, 1.807) is 24.3 Å². The minimum Gasteiger partial charge on any atom is -0.384 e. The maximum Gasteiger partial charge on any atom is 0.265 e. The first-order valence-corrected chi connectivity index (χ1v) is 7.01. The SMILES string of the molecule is N/C(=N\OCC(=O)Nc1ccccc1Cl)c1ccsc1. The molecule has 0 aliphatic carbocycles. The maximum atomic E-state index is 11.6. The van der Waals surface area contributed by atoms with Crippen LogP contribution in [0.5, 0.6) is 0 Å². The molecular weight excluding hydrogens is 298 g/mol. The topological polar surface area (TPSA) is 76.7 Å². The molecule has 0 saturated carbocycles. The molecule has 1 aromatic heterocycles. The van der Waals surface area contributed by atoms with Crippen molar-refractivity contribution in [3.8, 4) is 0 Å². The number of thiophene rings is 1. The summed E-state index contributed by atoms with van der Waals surface area (Å²) in [6.07, 6.45) is 0. The molecule has 0 atom stereocenters. The number of hydrogen-bond acceptors (Lipinski definition) is 4. The number of halogens is 1. The van der Waals surface area contributed by atoms with Crippen LogP contribution in [0.1, 0.15) is 5.56 Å². The average Bonchev–Trinajstić information content (AvgIpc) is 2.95. The number of nitrogens with one attached hydrogen (secondary N) is 1. The number of carbonyl (C=O) groups is 1. The first-order valence-electron chi connectivity index (χ1n) is 5.69. The van der Waals surface area contributed by atoms with Gasteiger partial charge >= 0.3 is 0 Å². The van der Waals surface area contributed by atoms with Gasteiger partial charge < -0.3 is 15.9 Å². The number of hydrogen-bond donors (Lipinski definition) is 2. The van der Waals surface area contributed by atoms with E-state index < -0.39 is 0 Å². The Bertz CT molecular complexity index is 614. The van der Waals surface area contributed by atoms with Crippen molar-refractivity contribution in [2.24, 2.45) is 10.9 Å². The van der Waals surface area contributed by atoms with Crippen molar-refractivity contribution < 1.29 is 9.63 Å². The third-order valence-electron chi connectivity index (χ3n) is 2.32. The lowest BCUT2D eigenvalue weighted by Gasteiger charge is -2.06. The van der Waals surface area contributed by atoms with Gasteiger partial charge in [0, 0.05) is 10.9 Å². The smallest absolute Gasteiger partial charge is 0.265 e. The first-order chi connectivity index (χ1) is 9.66. The standard InChI is InChI=1S/C13H12ClN3O2S/c14-10-3-1-2-4-11(10)16-12(18)7-19-17-13(15)9-5-6-20-8-9/h1-6,8H,7H2,(H2,15,17)(H,16,18). The molecule has 0 bridgehead atoms. The summed E-state index contributed by atoms with van der Waals surface area (Å²) in [6.45, 7) is -0.240. The molecule has 3 N–H and O–H groups in total. The molecule has 20 heavy (non-hydrogen) atoms. The molecule has 7 heteroatoms. The number of nitrogens with zero attached hydrogens (tertiary/aromatic N) is 1. The van der Waals surface area contributed by atoms with Crippen molar-refractivity contribution in [1.29, 1.82) is 0 Å². The van der Waals surface area contributed by atoms with Crippen LogP contribution in [0.25, 0.3) is 0 Å². The maximum absolute atomic E-state index is 11.6. The number of nitrogens with two attached hydrogens (primary N) is 1. The predicted molar refractivity (Wildman–Crippen MR) is 81.1 cm³/mol. The van der Waals surface area contributed by atoms with Gasteiger partial charge in [-0.1, -0.05) is 28.9 Å². The Kier molecular flexibility index (Phi) is 4.97. The Labute approximate surface area is 125 Å². The molecule has 5 nitrogen and oxygen atoms in total. The molecule has 2 aromatic rings. The van der Waals surface area contributed by atoms with Crippen molar-refractivity contribution in [3.05, 3.63) is 51.7 Å². The van der Waals surface area contributed by atoms with Crippen molar-refractivity contribution in [2.45, 2.75) is 0 Å².